The molecule has 0 aromatic rings. The van der Waals surface area contributed by atoms with Crippen molar-refractivity contribution < 1.29 is 9.59 Å². The molecular formula is C19H30N2O2. The van der Waals surface area contributed by atoms with Crippen molar-refractivity contribution >= 4 is 11.8 Å². The normalized spacial score (nSPS) is 47.9. The van der Waals surface area contributed by atoms with Gasteiger partial charge in [0.2, 0.25) is 11.8 Å². The van der Waals surface area contributed by atoms with Gasteiger partial charge in [0.25, 0.3) is 0 Å². The van der Waals surface area contributed by atoms with Crippen LogP contribution in [0.1, 0.15) is 65.7 Å². The van der Waals surface area contributed by atoms with Gasteiger partial charge in [-0.1, -0.05) is 13.8 Å². The van der Waals surface area contributed by atoms with Gasteiger partial charge in [-0.3, -0.25) is 9.59 Å². The molecule has 0 radical (unpaired) electrons. The first-order chi connectivity index (χ1) is 10.7. The van der Waals surface area contributed by atoms with E-state index < -0.39 is 0 Å². The fourth-order valence-corrected chi connectivity index (χ4v) is 7.37. The van der Waals surface area contributed by atoms with Crippen molar-refractivity contribution in [2.45, 2.75) is 71.8 Å². The molecule has 1 saturated heterocycles. The maximum absolute atomic E-state index is 13.4. The quantitative estimate of drug-likeness (QED) is 0.851. The lowest BCUT2D eigenvalue weighted by atomic mass is 9.40. The number of amides is 2. The maximum Gasteiger partial charge on any atom is 0.228 e. The number of nitrogens with one attached hydrogen (secondary N) is 1. The molecule has 4 nitrogen and oxygen atoms in total. The first-order valence-corrected chi connectivity index (χ1v) is 9.28. The van der Waals surface area contributed by atoms with E-state index in [2.05, 4.69) is 24.1 Å². The van der Waals surface area contributed by atoms with Crippen molar-refractivity contribution in [1.82, 2.24) is 10.2 Å². The van der Waals surface area contributed by atoms with Gasteiger partial charge in [0.1, 0.15) is 0 Å². The van der Waals surface area contributed by atoms with E-state index in [1.54, 1.807) is 6.92 Å². The fourth-order valence-electron chi connectivity index (χ4n) is 7.37. The standard InChI is InChI=1S/C19H30N2O2/c1-13(22)20-15-4-5-21(9-15)16(23)19-8-14-6-17(2,11-19)10-18(3,7-14)12-19/h14-15H,4-12H2,1-3H3,(H,20,22)/t14?,15-,17-,18+,19?/m0/s1. The Hall–Kier alpha value is -1.06. The minimum Gasteiger partial charge on any atom is -0.352 e. The van der Waals surface area contributed by atoms with Crippen LogP contribution < -0.4 is 5.32 Å². The Balaban J connectivity index is 1.54. The highest BCUT2D eigenvalue weighted by molar-refractivity contribution is 5.84. The Morgan fingerprint density at radius 3 is 2.26 bits per heavy atom. The van der Waals surface area contributed by atoms with E-state index in [0.717, 1.165) is 38.1 Å². The number of carbonyl (C=O) groups is 2. The summed E-state index contributed by atoms with van der Waals surface area (Å²) in [5.74, 6) is 1.16. The van der Waals surface area contributed by atoms with Crippen LogP contribution in [0.5, 0.6) is 0 Å². The summed E-state index contributed by atoms with van der Waals surface area (Å²) >= 11 is 0. The van der Waals surface area contributed by atoms with Crippen LogP contribution in [-0.2, 0) is 9.59 Å². The SMILES string of the molecule is CC(=O)N[C@H]1CCN(C(=O)C23CC4C[C@@](C)(C2)C[C@](C)(C4)C3)C1. The smallest absolute Gasteiger partial charge is 0.228 e. The Morgan fingerprint density at radius 2 is 1.70 bits per heavy atom. The summed E-state index contributed by atoms with van der Waals surface area (Å²) in [6, 6.07) is 0.150. The van der Waals surface area contributed by atoms with Gasteiger partial charge in [0.05, 0.1) is 5.41 Å². The van der Waals surface area contributed by atoms with E-state index in [1.807, 2.05) is 0 Å². The summed E-state index contributed by atoms with van der Waals surface area (Å²) in [5.41, 5.74) is 0.648. The highest BCUT2D eigenvalue weighted by Crippen LogP contribution is 2.69. The van der Waals surface area contributed by atoms with Crippen LogP contribution in [-0.4, -0.2) is 35.8 Å². The Bertz CT molecular complexity index is 540. The van der Waals surface area contributed by atoms with Crippen LogP contribution in [0.4, 0.5) is 0 Å². The van der Waals surface area contributed by atoms with Gasteiger partial charge in [-0.15, -0.1) is 0 Å². The average Bonchev–Trinajstić information content (AvgIpc) is 2.80. The zero-order valence-electron chi connectivity index (χ0n) is 14.8. The highest BCUT2D eigenvalue weighted by atomic mass is 16.2. The minimum atomic E-state index is -0.103. The Morgan fingerprint density at radius 1 is 1.04 bits per heavy atom. The monoisotopic (exact) mass is 318 g/mol. The largest absolute Gasteiger partial charge is 0.352 e. The number of hydrogen-bond acceptors (Lipinski definition) is 2. The van der Waals surface area contributed by atoms with E-state index in [0.29, 0.717) is 23.3 Å². The Labute approximate surface area is 139 Å². The van der Waals surface area contributed by atoms with E-state index >= 15 is 0 Å². The van der Waals surface area contributed by atoms with E-state index in [-0.39, 0.29) is 17.4 Å². The molecule has 128 valence electrons. The van der Waals surface area contributed by atoms with Crippen molar-refractivity contribution in [3.63, 3.8) is 0 Å². The first-order valence-electron chi connectivity index (χ1n) is 9.28. The molecule has 4 heteroatoms. The van der Waals surface area contributed by atoms with Crippen LogP contribution in [0.2, 0.25) is 0 Å². The molecule has 2 amide bonds. The molecule has 5 atom stereocenters. The number of likely N-dealkylation sites (tertiary alicyclic amines) is 1. The highest BCUT2D eigenvalue weighted by Gasteiger charge is 2.63. The Kier molecular flexibility index (Phi) is 3.18. The number of nitrogens with zero attached hydrogens (tertiary/aromatic N) is 1. The summed E-state index contributed by atoms with van der Waals surface area (Å²) in [6.07, 6.45) is 8.15. The van der Waals surface area contributed by atoms with Crippen molar-refractivity contribution in [1.29, 1.82) is 0 Å². The molecular weight excluding hydrogens is 288 g/mol. The summed E-state index contributed by atoms with van der Waals surface area (Å²) < 4.78 is 0. The zero-order chi connectivity index (χ0) is 16.5. The summed E-state index contributed by atoms with van der Waals surface area (Å²) in [4.78, 5) is 26.8. The van der Waals surface area contributed by atoms with Gasteiger partial charge in [0.15, 0.2) is 0 Å². The maximum atomic E-state index is 13.4. The molecule has 5 fully saturated rings. The third kappa shape index (κ3) is 2.49. The first kappa shape index (κ1) is 15.5. The van der Waals surface area contributed by atoms with E-state index in [4.69, 9.17) is 0 Å². The van der Waals surface area contributed by atoms with Gasteiger partial charge >= 0.3 is 0 Å². The van der Waals surface area contributed by atoms with E-state index in [9.17, 15) is 9.59 Å². The van der Waals surface area contributed by atoms with E-state index in [1.165, 1.54) is 19.3 Å². The molecule has 5 rings (SSSR count). The molecule has 0 aromatic carbocycles. The van der Waals surface area contributed by atoms with Crippen molar-refractivity contribution in [3.05, 3.63) is 0 Å². The molecule has 4 saturated carbocycles. The third-order valence-electron chi connectivity index (χ3n) is 6.96. The summed E-state index contributed by atoms with van der Waals surface area (Å²) in [7, 11) is 0. The average molecular weight is 318 g/mol. The predicted octanol–water partition coefficient (Wildman–Crippen LogP) is 2.72. The molecule has 0 spiro atoms. The number of carbonyl (C=O) groups excluding carboxylic acids is 2. The van der Waals surface area contributed by atoms with Crippen molar-refractivity contribution in [2.75, 3.05) is 13.1 Å². The van der Waals surface area contributed by atoms with Gasteiger partial charge in [-0.05, 0) is 61.7 Å². The van der Waals surface area contributed by atoms with Crippen LogP contribution in [0.25, 0.3) is 0 Å². The predicted molar refractivity (Wildman–Crippen MR) is 88.6 cm³/mol. The summed E-state index contributed by atoms with van der Waals surface area (Å²) in [6.45, 7) is 7.91. The zero-order valence-corrected chi connectivity index (χ0v) is 14.8. The van der Waals surface area contributed by atoms with Gasteiger partial charge in [0, 0.05) is 26.1 Å². The van der Waals surface area contributed by atoms with Gasteiger partial charge in [-0.2, -0.15) is 0 Å². The molecule has 4 aliphatic carbocycles. The lowest BCUT2D eigenvalue weighted by molar-refractivity contribution is -0.178. The second-order valence-corrected chi connectivity index (χ2v) is 9.85. The number of hydrogen-bond donors (Lipinski definition) is 1. The third-order valence-corrected chi connectivity index (χ3v) is 6.96. The molecule has 0 aromatic heterocycles. The molecule has 1 N–H and O–H groups in total. The fraction of sp³-hybridized carbons (Fsp3) is 0.895. The van der Waals surface area contributed by atoms with Gasteiger partial charge in [-0.25, -0.2) is 0 Å². The van der Waals surface area contributed by atoms with Crippen LogP contribution in [0.15, 0.2) is 0 Å². The topological polar surface area (TPSA) is 49.4 Å². The van der Waals surface area contributed by atoms with Crippen LogP contribution in [0, 0.1) is 22.2 Å². The molecule has 4 bridgehead atoms. The molecule has 5 aliphatic rings. The number of rotatable bonds is 2. The van der Waals surface area contributed by atoms with Crippen LogP contribution >= 0.6 is 0 Å². The van der Waals surface area contributed by atoms with Crippen LogP contribution in [0.3, 0.4) is 0 Å². The van der Waals surface area contributed by atoms with Crippen molar-refractivity contribution in [2.24, 2.45) is 22.2 Å². The second kappa shape index (κ2) is 4.73. The molecule has 1 heterocycles. The minimum absolute atomic E-state index is 0.0131. The van der Waals surface area contributed by atoms with Crippen molar-refractivity contribution in [3.8, 4) is 0 Å². The lowest BCUT2D eigenvalue weighted by Gasteiger charge is -2.65. The summed E-state index contributed by atoms with van der Waals surface area (Å²) in [5, 5.41) is 2.98. The molecule has 23 heavy (non-hydrogen) atoms. The molecule has 1 aliphatic heterocycles. The molecule has 2 unspecified atom stereocenters. The lowest BCUT2D eigenvalue weighted by Crippen LogP contribution is -2.60. The van der Waals surface area contributed by atoms with Gasteiger partial charge < -0.3 is 10.2 Å². The second-order valence-electron chi connectivity index (χ2n) is 9.85.